The number of hydrogen-bond donors (Lipinski definition) is 2. The highest BCUT2D eigenvalue weighted by Gasteiger charge is 2.34. The van der Waals surface area contributed by atoms with E-state index < -0.39 is 0 Å². The molecule has 0 spiro atoms. The van der Waals surface area contributed by atoms with Crippen LogP contribution in [0.4, 0.5) is 4.79 Å². The van der Waals surface area contributed by atoms with E-state index in [2.05, 4.69) is 15.6 Å². The van der Waals surface area contributed by atoms with E-state index >= 15 is 0 Å². The monoisotopic (exact) mass is 415 g/mol. The van der Waals surface area contributed by atoms with Gasteiger partial charge in [0, 0.05) is 39.3 Å². The molecule has 0 bridgehead atoms. The summed E-state index contributed by atoms with van der Waals surface area (Å²) in [5.74, 6) is 0.297. The zero-order valence-electron chi connectivity index (χ0n) is 17.5. The van der Waals surface area contributed by atoms with Gasteiger partial charge in [0.1, 0.15) is 0 Å². The third kappa shape index (κ3) is 4.90. The molecule has 2 heterocycles. The van der Waals surface area contributed by atoms with Crippen molar-refractivity contribution in [1.29, 1.82) is 0 Å². The minimum atomic E-state index is -0.283. The minimum Gasteiger partial charge on any atom is -0.453 e. The van der Waals surface area contributed by atoms with E-state index in [1.54, 1.807) is 36.2 Å². The van der Waals surface area contributed by atoms with E-state index in [1.165, 1.54) is 12.0 Å². The van der Waals surface area contributed by atoms with Gasteiger partial charge in [-0.05, 0) is 37.8 Å². The largest absolute Gasteiger partial charge is 0.453 e. The lowest BCUT2D eigenvalue weighted by Gasteiger charge is -2.32. The fourth-order valence-corrected chi connectivity index (χ4v) is 3.77. The Balaban J connectivity index is 1.35. The number of imide groups is 1. The van der Waals surface area contributed by atoms with Crippen LogP contribution in [0.15, 0.2) is 29.3 Å². The van der Waals surface area contributed by atoms with Crippen molar-refractivity contribution in [2.24, 2.45) is 4.99 Å². The van der Waals surface area contributed by atoms with Crippen LogP contribution in [-0.4, -0.2) is 80.0 Å². The fourth-order valence-electron chi connectivity index (χ4n) is 3.77. The Morgan fingerprint density at radius 2 is 1.77 bits per heavy atom. The highest BCUT2D eigenvalue weighted by atomic mass is 16.5. The zero-order valence-corrected chi connectivity index (χ0v) is 17.5. The highest BCUT2D eigenvalue weighted by Crippen LogP contribution is 2.22. The molecule has 30 heavy (non-hydrogen) atoms. The molecule has 1 saturated heterocycles. The molecule has 3 amide bonds. The van der Waals surface area contributed by atoms with Crippen LogP contribution in [0.25, 0.3) is 0 Å². The maximum absolute atomic E-state index is 12.4. The molecule has 1 fully saturated rings. The summed E-state index contributed by atoms with van der Waals surface area (Å²) in [7, 11) is 3.12. The quantitative estimate of drug-likeness (QED) is 0.316. The molecule has 0 saturated carbocycles. The van der Waals surface area contributed by atoms with E-state index in [1.807, 2.05) is 0 Å². The summed E-state index contributed by atoms with van der Waals surface area (Å²) in [6.07, 6.45) is 2.89. The Morgan fingerprint density at radius 3 is 2.33 bits per heavy atom. The molecule has 0 atom stereocenters. The van der Waals surface area contributed by atoms with Gasteiger partial charge in [-0.15, -0.1) is 0 Å². The number of piperidine rings is 1. The second kappa shape index (κ2) is 10.1. The molecule has 1 aromatic carbocycles. The van der Waals surface area contributed by atoms with Crippen LogP contribution in [0.2, 0.25) is 0 Å². The summed E-state index contributed by atoms with van der Waals surface area (Å²) in [5, 5.41) is 6.65. The Bertz CT molecular complexity index is 782. The number of ether oxygens (including phenoxy) is 1. The molecule has 2 N–H and O–H groups in total. The van der Waals surface area contributed by atoms with Crippen LogP contribution in [0.5, 0.6) is 0 Å². The summed E-state index contributed by atoms with van der Waals surface area (Å²) in [6, 6.07) is 7.19. The van der Waals surface area contributed by atoms with Crippen LogP contribution in [0, 0.1) is 0 Å². The molecular formula is C21H29N5O4. The zero-order chi connectivity index (χ0) is 21.5. The van der Waals surface area contributed by atoms with E-state index in [0.717, 1.165) is 19.3 Å². The Morgan fingerprint density at radius 1 is 1.13 bits per heavy atom. The topological polar surface area (TPSA) is 103 Å². The third-order valence-corrected chi connectivity index (χ3v) is 5.47. The minimum absolute atomic E-state index is 0.209. The van der Waals surface area contributed by atoms with Gasteiger partial charge in [-0.1, -0.05) is 12.1 Å². The molecule has 0 aliphatic carbocycles. The number of unbranched alkanes of at least 4 members (excludes halogenated alkanes) is 1. The molecule has 162 valence electrons. The highest BCUT2D eigenvalue weighted by molar-refractivity contribution is 6.21. The lowest BCUT2D eigenvalue weighted by Crippen LogP contribution is -2.49. The maximum Gasteiger partial charge on any atom is 0.409 e. The van der Waals surface area contributed by atoms with Gasteiger partial charge in [0.15, 0.2) is 5.96 Å². The van der Waals surface area contributed by atoms with Gasteiger partial charge in [-0.3, -0.25) is 19.5 Å². The van der Waals surface area contributed by atoms with E-state index in [0.29, 0.717) is 49.7 Å². The van der Waals surface area contributed by atoms with Crippen molar-refractivity contribution in [3.63, 3.8) is 0 Å². The second-order valence-electron chi connectivity index (χ2n) is 7.39. The number of guanidine groups is 1. The molecule has 9 heteroatoms. The number of carbonyl (C=O) groups is 3. The van der Waals surface area contributed by atoms with Gasteiger partial charge >= 0.3 is 6.09 Å². The van der Waals surface area contributed by atoms with Crippen LogP contribution >= 0.6 is 0 Å². The van der Waals surface area contributed by atoms with Gasteiger partial charge in [0.2, 0.25) is 0 Å². The smallest absolute Gasteiger partial charge is 0.409 e. The van der Waals surface area contributed by atoms with Crippen LogP contribution in [-0.2, 0) is 4.74 Å². The van der Waals surface area contributed by atoms with Crippen molar-refractivity contribution >= 4 is 23.9 Å². The molecule has 0 aromatic heterocycles. The molecule has 9 nitrogen and oxygen atoms in total. The van der Waals surface area contributed by atoms with Gasteiger partial charge in [-0.2, -0.15) is 0 Å². The second-order valence-corrected chi connectivity index (χ2v) is 7.39. The predicted octanol–water partition coefficient (Wildman–Crippen LogP) is 1.46. The number of rotatable bonds is 6. The van der Waals surface area contributed by atoms with Crippen molar-refractivity contribution in [2.75, 3.05) is 40.3 Å². The number of nitrogens with zero attached hydrogens (tertiary/aromatic N) is 3. The third-order valence-electron chi connectivity index (χ3n) is 5.47. The molecule has 0 radical (unpaired) electrons. The van der Waals surface area contributed by atoms with Crippen molar-refractivity contribution in [1.82, 2.24) is 20.4 Å². The van der Waals surface area contributed by atoms with Crippen molar-refractivity contribution in [3.05, 3.63) is 35.4 Å². The van der Waals surface area contributed by atoms with Crippen molar-refractivity contribution in [2.45, 2.75) is 31.7 Å². The fraction of sp³-hybridized carbons (Fsp3) is 0.524. The lowest BCUT2D eigenvalue weighted by molar-refractivity contribution is 0.0651. The van der Waals surface area contributed by atoms with E-state index in [4.69, 9.17) is 4.74 Å². The molecule has 2 aliphatic heterocycles. The van der Waals surface area contributed by atoms with Crippen LogP contribution < -0.4 is 10.6 Å². The van der Waals surface area contributed by atoms with Crippen LogP contribution in [0.1, 0.15) is 46.4 Å². The van der Waals surface area contributed by atoms with Gasteiger partial charge in [0.25, 0.3) is 11.8 Å². The molecule has 1 aromatic rings. The number of likely N-dealkylation sites (tertiary alicyclic amines) is 1. The average molecular weight is 415 g/mol. The first kappa shape index (κ1) is 21.6. The number of amides is 3. The Hall–Kier alpha value is -3.10. The first-order chi connectivity index (χ1) is 14.5. The lowest BCUT2D eigenvalue weighted by atomic mass is 10.1. The summed E-state index contributed by atoms with van der Waals surface area (Å²) >= 11 is 0. The predicted molar refractivity (Wildman–Crippen MR) is 113 cm³/mol. The van der Waals surface area contributed by atoms with Gasteiger partial charge in [0.05, 0.1) is 18.2 Å². The first-order valence-corrected chi connectivity index (χ1v) is 10.3. The van der Waals surface area contributed by atoms with Gasteiger partial charge in [-0.25, -0.2) is 4.79 Å². The standard InChI is InChI=1S/C21H29N5O4/c1-22-20(24-15-9-13-25(14-10-15)21(29)30-2)23-11-5-6-12-26-18(27)16-7-3-4-8-17(16)19(26)28/h3-4,7-8,15H,5-6,9-14H2,1-2H3,(H2,22,23,24). The number of benzene rings is 1. The number of fused-ring (bicyclic) bond motifs is 1. The molecule has 2 aliphatic rings. The van der Waals surface area contributed by atoms with Crippen LogP contribution in [0.3, 0.4) is 0 Å². The Kier molecular flexibility index (Phi) is 7.26. The summed E-state index contributed by atoms with van der Waals surface area (Å²) in [5.41, 5.74) is 0.979. The first-order valence-electron chi connectivity index (χ1n) is 10.3. The number of aliphatic imine (C=N–C) groups is 1. The molecular weight excluding hydrogens is 386 g/mol. The number of nitrogens with one attached hydrogen (secondary N) is 2. The molecule has 0 unspecified atom stereocenters. The average Bonchev–Trinajstić information content (AvgIpc) is 3.02. The van der Waals surface area contributed by atoms with Crippen molar-refractivity contribution in [3.8, 4) is 0 Å². The Labute approximate surface area is 176 Å². The van der Waals surface area contributed by atoms with Gasteiger partial charge < -0.3 is 20.3 Å². The van der Waals surface area contributed by atoms with Crippen molar-refractivity contribution < 1.29 is 19.1 Å². The molecule has 3 rings (SSSR count). The number of methoxy groups -OCH3 is 1. The van der Waals surface area contributed by atoms with E-state index in [9.17, 15) is 14.4 Å². The summed E-state index contributed by atoms with van der Waals surface area (Å²) < 4.78 is 4.76. The summed E-state index contributed by atoms with van der Waals surface area (Å²) in [4.78, 5) is 43.6. The number of hydrogen-bond acceptors (Lipinski definition) is 5. The maximum atomic E-state index is 12.4. The normalized spacial score (nSPS) is 17.2. The SMILES string of the molecule is CN=C(NCCCCN1C(=O)c2ccccc2C1=O)NC1CCN(C(=O)OC)CC1. The number of carbonyl (C=O) groups excluding carboxylic acids is 3. The summed E-state index contributed by atoms with van der Waals surface area (Å²) in [6.45, 7) is 2.40. The van der Waals surface area contributed by atoms with E-state index in [-0.39, 0.29) is 23.9 Å².